The largest absolute Gasteiger partial charge is 0.478 e. The minimum absolute atomic E-state index is 0.254. The summed E-state index contributed by atoms with van der Waals surface area (Å²) in [6.07, 6.45) is 0. The molecule has 5 nitrogen and oxygen atoms in total. The van der Waals surface area contributed by atoms with E-state index in [0.717, 1.165) is 22.5 Å². The number of aryl methyl sites for hydroxylation is 1. The van der Waals surface area contributed by atoms with Gasteiger partial charge in [-0.25, -0.2) is 14.8 Å². The Balaban J connectivity index is 2.62. The van der Waals surface area contributed by atoms with E-state index in [4.69, 9.17) is 5.11 Å². The van der Waals surface area contributed by atoms with Gasteiger partial charge < -0.3 is 10.0 Å². The standard InChI is InChI=1S/C15H17N3O2/c1-9-10(2)16-15(18(3)4)17-13(9)11-6-5-7-12(8-11)14(19)20/h5-8H,1-4H3,(H,19,20). The summed E-state index contributed by atoms with van der Waals surface area (Å²) in [6, 6.07) is 6.80. The van der Waals surface area contributed by atoms with Crippen molar-refractivity contribution in [3.05, 3.63) is 41.1 Å². The number of benzene rings is 1. The van der Waals surface area contributed by atoms with E-state index >= 15 is 0 Å². The molecule has 0 aliphatic rings. The van der Waals surface area contributed by atoms with Gasteiger partial charge in [0.25, 0.3) is 0 Å². The van der Waals surface area contributed by atoms with Crippen molar-refractivity contribution in [3.8, 4) is 11.3 Å². The maximum absolute atomic E-state index is 11.1. The van der Waals surface area contributed by atoms with Gasteiger partial charge in [-0.3, -0.25) is 0 Å². The average molecular weight is 271 g/mol. The van der Waals surface area contributed by atoms with Crippen LogP contribution in [0, 0.1) is 13.8 Å². The van der Waals surface area contributed by atoms with Crippen molar-refractivity contribution in [1.29, 1.82) is 0 Å². The molecule has 0 unspecified atom stereocenters. The van der Waals surface area contributed by atoms with Gasteiger partial charge >= 0.3 is 5.97 Å². The lowest BCUT2D eigenvalue weighted by Gasteiger charge is -2.15. The molecule has 0 aliphatic heterocycles. The first-order valence-electron chi connectivity index (χ1n) is 6.26. The van der Waals surface area contributed by atoms with E-state index in [9.17, 15) is 4.79 Å². The number of carboxylic acids is 1. The number of hydrogen-bond acceptors (Lipinski definition) is 4. The third-order valence-corrected chi connectivity index (χ3v) is 3.16. The van der Waals surface area contributed by atoms with Crippen molar-refractivity contribution in [2.24, 2.45) is 0 Å². The Morgan fingerprint density at radius 1 is 1.20 bits per heavy atom. The average Bonchev–Trinajstić information content (AvgIpc) is 2.41. The second-order valence-electron chi connectivity index (χ2n) is 4.86. The van der Waals surface area contributed by atoms with Crippen molar-refractivity contribution in [2.75, 3.05) is 19.0 Å². The summed E-state index contributed by atoms with van der Waals surface area (Å²) < 4.78 is 0. The number of nitrogens with zero attached hydrogens (tertiary/aromatic N) is 3. The van der Waals surface area contributed by atoms with Crippen molar-refractivity contribution in [3.63, 3.8) is 0 Å². The summed E-state index contributed by atoms with van der Waals surface area (Å²) in [4.78, 5) is 21.8. The molecule has 104 valence electrons. The smallest absolute Gasteiger partial charge is 0.335 e. The first kappa shape index (κ1) is 14.0. The summed E-state index contributed by atoms with van der Waals surface area (Å²) >= 11 is 0. The minimum Gasteiger partial charge on any atom is -0.478 e. The maximum atomic E-state index is 11.1. The Morgan fingerprint density at radius 3 is 2.50 bits per heavy atom. The number of rotatable bonds is 3. The fraction of sp³-hybridized carbons (Fsp3) is 0.267. The van der Waals surface area contributed by atoms with Gasteiger partial charge in [0.2, 0.25) is 5.95 Å². The van der Waals surface area contributed by atoms with Gasteiger partial charge in [0.05, 0.1) is 11.3 Å². The predicted octanol–water partition coefficient (Wildman–Crippen LogP) is 2.52. The quantitative estimate of drug-likeness (QED) is 0.929. The summed E-state index contributed by atoms with van der Waals surface area (Å²) in [5.41, 5.74) is 3.66. The first-order chi connectivity index (χ1) is 9.40. The van der Waals surface area contributed by atoms with Crippen LogP contribution in [0.1, 0.15) is 21.6 Å². The van der Waals surface area contributed by atoms with E-state index in [2.05, 4.69) is 9.97 Å². The van der Waals surface area contributed by atoms with Crippen molar-refractivity contribution >= 4 is 11.9 Å². The summed E-state index contributed by atoms with van der Waals surface area (Å²) in [5, 5.41) is 9.08. The van der Waals surface area contributed by atoms with Crippen LogP contribution in [0.15, 0.2) is 24.3 Å². The van der Waals surface area contributed by atoms with Crippen LogP contribution in [0.4, 0.5) is 5.95 Å². The van der Waals surface area contributed by atoms with Crippen LogP contribution in [0.5, 0.6) is 0 Å². The van der Waals surface area contributed by atoms with Gasteiger partial charge in [-0.05, 0) is 31.5 Å². The molecule has 0 saturated heterocycles. The molecule has 0 bridgehead atoms. The number of aromatic carboxylic acids is 1. The predicted molar refractivity (Wildman–Crippen MR) is 78.2 cm³/mol. The third-order valence-electron chi connectivity index (χ3n) is 3.16. The molecular formula is C15H17N3O2. The molecule has 1 aromatic heterocycles. The highest BCUT2D eigenvalue weighted by atomic mass is 16.4. The lowest BCUT2D eigenvalue weighted by atomic mass is 10.0. The molecule has 1 aromatic carbocycles. The van der Waals surface area contributed by atoms with Crippen LogP contribution >= 0.6 is 0 Å². The summed E-state index contributed by atoms with van der Waals surface area (Å²) in [6.45, 7) is 3.87. The lowest BCUT2D eigenvalue weighted by Crippen LogP contribution is -2.14. The Morgan fingerprint density at radius 2 is 1.90 bits per heavy atom. The summed E-state index contributed by atoms with van der Waals surface area (Å²) in [7, 11) is 3.75. The molecule has 2 rings (SSSR count). The van der Waals surface area contributed by atoms with Crippen LogP contribution in [0.3, 0.4) is 0 Å². The second kappa shape index (κ2) is 5.28. The van der Waals surface area contributed by atoms with E-state index in [1.807, 2.05) is 38.9 Å². The fourth-order valence-electron chi connectivity index (χ4n) is 1.89. The first-order valence-corrected chi connectivity index (χ1v) is 6.26. The van der Waals surface area contributed by atoms with E-state index in [1.54, 1.807) is 18.2 Å². The normalized spacial score (nSPS) is 10.4. The van der Waals surface area contributed by atoms with Crippen molar-refractivity contribution < 1.29 is 9.90 Å². The molecule has 20 heavy (non-hydrogen) atoms. The molecular weight excluding hydrogens is 254 g/mol. The Hall–Kier alpha value is -2.43. The Bertz CT molecular complexity index is 666. The number of hydrogen-bond donors (Lipinski definition) is 1. The highest BCUT2D eigenvalue weighted by Gasteiger charge is 2.13. The molecule has 1 heterocycles. The molecule has 0 amide bonds. The van der Waals surface area contributed by atoms with E-state index < -0.39 is 5.97 Å². The Kier molecular flexibility index (Phi) is 3.70. The van der Waals surface area contributed by atoms with Gasteiger partial charge in [-0.15, -0.1) is 0 Å². The van der Waals surface area contributed by atoms with E-state index in [-0.39, 0.29) is 5.56 Å². The highest BCUT2D eigenvalue weighted by Crippen LogP contribution is 2.25. The molecule has 5 heteroatoms. The Labute approximate surface area is 117 Å². The van der Waals surface area contributed by atoms with Crippen LogP contribution in [0.25, 0.3) is 11.3 Å². The van der Waals surface area contributed by atoms with Gasteiger partial charge in [0.1, 0.15) is 0 Å². The molecule has 2 aromatic rings. The van der Waals surface area contributed by atoms with Gasteiger partial charge in [-0.1, -0.05) is 12.1 Å². The van der Waals surface area contributed by atoms with Gasteiger partial charge in [0, 0.05) is 25.4 Å². The molecule has 1 N–H and O–H groups in total. The second-order valence-corrected chi connectivity index (χ2v) is 4.86. The number of carbonyl (C=O) groups is 1. The number of aromatic nitrogens is 2. The topological polar surface area (TPSA) is 66.3 Å². The van der Waals surface area contributed by atoms with Crippen molar-refractivity contribution in [2.45, 2.75) is 13.8 Å². The van der Waals surface area contributed by atoms with E-state index in [1.165, 1.54) is 0 Å². The fourth-order valence-corrected chi connectivity index (χ4v) is 1.89. The zero-order chi connectivity index (χ0) is 14.9. The SMILES string of the molecule is Cc1nc(N(C)C)nc(-c2cccc(C(=O)O)c2)c1C. The van der Waals surface area contributed by atoms with Crippen LogP contribution in [-0.2, 0) is 0 Å². The monoisotopic (exact) mass is 271 g/mol. The van der Waals surface area contributed by atoms with Gasteiger partial charge in [-0.2, -0.15) is 0 Å². The van der Waals surface area contributed by atoms with Crippen LogP contribution in [-0.4, -0.2) is 35.1 Å². The molecule has 0 atom stereocenters. The maximum Gasteiger partial charge on any atom is 0.335 e. The zero-order valence-electron chi connectivity index (χ0n) is 12.0. The third kappa shape index (κ3) is 2.61. The minimum atomic E-state index is -0.942. The molecule has 0 aliphatic carbocycles. The van der Waals surface area contributed by atoms with Crippen LogP contribution < -0.4 is 4.90 Å². The number of anilines is 1. The van der Waals surface area contributed by atoms with Gasteiger partial charge in [0.15, 0.2) is 0 Å². The molecule has 0 fully saturated rings. The van der Waals surface area contributed by atoms with Crippen molar-refractivity contribution in [1.82, 2.24) is 9.97 Å². The summed E-state index contributed by atoms with van der Waals surface area (Å²) in [5.74, 6) is -0.327. The highest BCUT2D eigenvalue weighted by molar-refractivity contribution is 5.89. The lowest BCUT2D eigenvalue weighted by molar-refractivity contribution is 0.0697. The molecule has 0 saturated carbocycles. The van der Waals surface area contributed by atoms with E-state index in [0.29, 0.717) is 5.95 Å². The molecule has 0 spiro atoms. The van der Waals surface area contributed by atoms with Crippen LogP contribution in [0.2, 0.25) is 0 Å². The zero-order valence-corrected chi connectivity index (χ0v) is 12.0. The number of carboxylic acid groups (broad SMARTS) is 1. The molecule has 0 radical (unpaired) electrons.